The van der Waals surface area contributed by atoms with Crippen LogP contribution < -0.4 is 24.8 Å². The summed E-state index contributed by atoms with van der Waals surface area (Å²) in [5, 5.41) is 0. The maximum atomic E-state index is 2.93. The van der Waals surface area contributed by atoms with Crippen LogP contribution in [0.4, 0.5) is 0 Å². The van der Waals surface area contributed by atoms with Gasteiger partial charge in [-0.1, -0.05) is 0 Å². The van der Waals surface area contributed by atoms with Gasteiger partial charge in [0.05, 0.1) is 0 Å². The minimum Gasteiger partial charge on any atom is -1.00 e. The molecule has 0 saturated heterocycles. The summed E-state index contributed by atoms with van der Waals surface area (Å²) in [5.41, 5.74) is 6.00. The molecule has 1 aromatic rings. The van der Waals surface area contributed by atoms with E-state index in [9.17, 15) is 0 Å². The predicted octanol–water partition coefficient (Wildman–Crippen LogP) is 7.45. The van der Waals surface area contributed by atoms with Crippen molar-refractivity contribution in [1.29, 1.82) is 0 Å². The number of hydrogen-bond donors (Lipinski definition) is 0. The number of fused-ring (bicyclic) bond motifs is 8. The first-order valence-corrected chi connectivity index (χ1v) is 24.4. The molecule has 8 rings (SSSR count). The van der Waals surface area contributed by atoms with Gasteiger partial charge in [-0.25, -0.2) is 0 Å². The first-order valence-electron chi connectivity index (χ1n) is 20.3. The van der Waals surface area contributed by atoms with Gasteiger partial charge in [-0.2, -0.15) is 0 Å². The average Bonchev–Trinajstić information content (AvgIpc) is 3.57. The second-order valence-electron chi connectivity index (χ2n) is 19.7. The van der Waals surface area contributed by atoms with E-state index < -0.39 is 21.3 Å². The van der Waals surface area contributed by atoms with E-state index >= 15 is 0 Å². The Morgan fingerprint density at radius 1 is 0.679 bits per heavy atom. The van der Waals surface area contributed by atoms with Crippen molar-refractivity contribution < 1.29 is 46.1 Å². The Morgan fingerprint density at radius 3 is 1.83 bits per heavy atom. The van der Waals surface area contributed by atoms with Crippen LogP contribution in [0.1, 0.15) is 112 Å². The molecule has 0 amide bonds. The van der Waals surface area contributed by atoms with Gasteiger partial charge in [-0.05, 0) is 0 Å². The fourth-order valence-electron chi connectivity index (χ4n) is 14.5. The van der Waals surface area contributed by atoms with Gasteiger partial charge in [0.1, 0.15) is 0 Å². The van der Waals surface area contributed by atoms with Crippen LogP contribution in [-0.2, 0) is 21.3 Å². The molecular formula is C50H64Cl2Zr. The van der Waals surface area contributed by atoms with Crippen LogP contribution in [0.5, 0.6) is 0 Å². The molecule has 3 saturated carbocycles. The van der Waals surface area contributed by atoms with E-state index in [1.54, 1.807) is 11.1 Å². The minimum absolute atomic E-state index is 0. The van der Waals surface area contributed by atoms with Crippen LogP contribution in [0, 0.1) is 62.1 Å². The van der Waals surface area contributed by atoms with Crippen LogP contribution in [0.2, 0.25) is 3.63 Å². The van der Waals surface area contributed by atoms with E-state index in [0.717, 1.165) is 0 Å². The van der Waals surface area contributed by atoms with Gasteiger partial charge in [-0.3, -0.25) is 0 Å². The zero-order valence-corrected chi connectivity index (χ0v) is 38.4. The van der Waals surface area contributed by atoms with Crippen LogP contribution in [0.15, 0.2) is 118 Å². The zero-order valence-electron chi connectivity index (χ0n) is 34.4. The van der Waals surface area contributed by atoms with Crippen molar-refractivity contribution in [2.24, 2.45) is 55.2 Å². The Morgan fingerprint density at radius 2 is 1.23 bits per heavy atom. The molecule has 282 valence electrons. The summed E-state index contributed by atoms with van der Waals surface area (Å²) in [5.74, 6) is 0.971. The third kappa shape index (κ3) is 4.78. The fraction of sp³-hybridized carbons (Fsp3) is 0.540. The second kappa shape index (κ2) is 13.3. The van der Waals surface area contributed by atoms with Crippen LogP contribution in [-0.4, -0.2) is 3.71 Å². The average molecular weight is 827 g/mol. The molecule has 1 aromatic carbocycles. The number of halogens is 2. The van der Waals surface area contributed by atoms with E-state index in [2.05, 4.69) is 183 Å². The van der Waals surface area contributed by atoms with Crippen LogP contribution in [0.3, 0.4) is 0 Å². The summed E-state index contributed by atoms with van der Waals surface area (Å²) < 4.78 is 5.35. The second-order valence-corrected chi connectivity index (χ2v) is 25.6. The molecule has 10 atom stereocenters. The fourth-order valence-corrected chi connectivity index (χ4v) is 24.9. The van der Waals surface area contributed by atoms with Gasteiger partial charge in [0.25, 0.3) is 0 Å². The van der Waals surface area contributed by atoms with E-state index in [0.29, 0.717) is 20.9 Å². The molecule has 10 unspecified atom stereocenters. The number of rotatable bonds is 4. The Bertz CT molecular complexity index is 1940. The van der Waals surface area contributed by atoms with Crippen molar-refractivity contribution in [3.05, 3.63) is 129 Å². The number of benzene rings is 1. The molecule has 0 spiro atoms. The molecule has 7 aliphatic carbocycles. The summed E-state index contributed by atoms with van der Waals surface area (Å²) in [4.78, 5) is 0. The van der Waals surface area contributed by atoms with E-state index in [1.165, 1.54) is 43.2 Å². The zero-order chi connectivity index (χ0) is 36.5. The monoisotopic (exact) mass is 824 g/mol. The summed E-state index contributed by atoms with van der Waals surface area (Å²) in [6.07, 6.45) is 40.3. The molecule has 53 heavy (non-hydrogen) atoms. The van der Waals surface area contributed by atoms with Gasteiger partial charge in [-0.15, -0.1) is 0 Å². The van der Waals surface area contributed by atoms with Crippen molar-refractivity contribution in [2.75, 3.05) is 0 Å². The summed E-state index contributed by atoms with van der Waals surface area (Å²) in [6.45, 7) is 28.9. The van der Waals surface area contributed by atoms with Crippen LogP contribution >= 0.6 is 0 Å². The Labute approximate surface area is 343 Å². The van der Waals surface area contributed by atoms with Crippen molar-refractivity contribution in [3.63, 3.8) is 0 Å². The van der Waals surface area contributed by atoms with Gasteiger partial charge >= 0.3 is 321 Å². The van der Waals surface area contributed by atoms with Crippen molar-refractivity contribution in [3.8, 4) is 0 Å². The van der Waals surface area contributed by atoms with Gasteiger partial charge in [0.2, 0.25) is 0 Å². The third-order valence-corrected chi connectivity index (χ3v) is 27.1. The molecule has 3 fully saturated rings. The van der Waals surface area contributed by atoms with Gasteiger partial charge in [0, 0.05) is 0 Å². The van der Waals surface area contributed by atoms with E-state index in [1.807, 2.05) is 3.28 Å². The molecule has 7 aliphatic rings. The Kier molecular flexibility index (Phi) is 10.3. The quantitative estimate of drug-likeness (QED) is 0.296. The SMILES string of the molecule is CC1=CC=CC2[CH](/[Zr+2](=[CH]\c3ccc(C)cc3)[C]3=CC(C4(C)CCCCC4)=CC3C)C3(C)C4(C)C=CC=CC4(C)C4(C)C=CC=CC4(C)C3(C)C12C.[Cl-].[Cl-]. The Hall–Kier alpha value is -1.53. The summed E-state index contributed by atoms with van der Waals surface area (Å²) >= 11 is -2.77. The molecule has 0 radical (unpaired) electrons. The van der Waals surface area contributed by atoms with Gasteiger partial charge in [0.15, 0.2) is 0 Å². The molecule has 0 aromatic heterocycles. The van der Waals surface area contributed by atoms with Crippen molar-refractivity contribution in [1.82, 2.24) is 0 Å². The van der Waals surface area contributed by atoms with Crippen molar-refractivity contribution >= 4 is 3.71 Å². The first-order chi connectivity index (χ1) is 24.0. The van der Waals surface area contributed by atoms with Crippen molar-refractivity contribution in [2.45, 2.75) is 112 Å². The maximum Gasteiger partial charge on any atom is -1.00 e. The Balaban J connectivity index is 0.00000240. The summed E-state index contributed by atoms with van der Waals surface area (Å²) in [6, 6.07) is 9.58. The van der Waals surface area contributed by atoms with E-state index in [-0.39, 0.29) is 62.7 Å². The molecule has 0 aliphatic heterocycles. The predicted molar refractivity (Wildman–Crippen MR) is 216 cm³/mol. The molecule has 3 heteroatoms. The topological polar surface area (TPSA) is 0 Å². The molecule has 0 bridgehead atoms. The third-order valence-electron chi connectivity index (χ3n) is 18.5. The first kappa shape index (κ1) is 41.1. The molecule has 0 heterocycles. The normalized spacial score (nSPS) is 44.1. The number of aryl methyl sites for hydroxylation is 1. The van der Waals surface area contributed by atoms with Gasteiger partial charge < -0.3 is 24.8 Å². The minimum atomic E-state index is -2.77. The van der Waals surface area contributed by atoms with E-state index in [4.69, 9.17) is 0 Å². The molecular weight excluding hydrogens is 763 g/mol. The smallest absolute Gasteiger partial charge is 1.00 e. The summed E-state index contributed by atoms with van der Waals surface area (Å²) in [7, 11) is 0. The maximum absolute atomic E-state index is 2.93. The molecule has 0 nitrogen and oxygen atoms in total. The number of hydrogen-bond acceptors (Lipinski definition) is 0. The standard InChI is InChI=1S/C29H37.C13H19.C8H8.2ClH.Zr/c1-21-14-13-15-22-20-27(6)25(4)18-10-9-16-23(25,2)24(3)17-11-12-19-26(24,5)29(27,8)28(21,22)7;1-11-6-7-12(10-11)13(2)8-4-3-5-9-13;1-7-3-5-8(2)6-4-7;;;/h9-20,22H,1-8H3;7,10-11H,3-5,8-9H2,1-2H3;1,3-6H,2H3;2*1H;/q;;;;;+2/p-2. The largest absolute Gasteiger partial charge is 1.00 e. The van der Waals surface area contributed by atoms with Crippen LogP contribution in [0.25, 0.3) is 0 Å². The molecule has 0 N–H and O–H groups in total. The number of allylic oxidation sites excluding steroid dienone is 16.